The Morgan fingerprint density at radius 1 is 1.30 bits per heavy atom. The van der Waals surface area contributed by atoms with Crippen LogP contribution in [-0.4, -0.2) is 43.3 Å². The number of benzene rings is 1. The Bertz CT molecular complexity index is 529. The Labute approximate surface area is 127 Å². The van der Waals surface area contributed by atoms with Gasteiger partial charge in [0.1, 0.15) is 0 Å². The van der Waals surface area contributed by atoms with Gasteiger partial charge in [-0.05, 0) is 29.7 Å². The van der Waals surface area contributed by atoms with Crippen LogP contribution in [0.25, 0.3) is 0 Å². The highest BCUT2D eigenvalue weighted by molar-refractivity contribution is 6.35. The van der Waals surface area contributed by atoms with E-state index in [2.05, 4.69) is 0 Å². The molecule has 0 N–H and O–H groups in total. The minimum Gasteiger partial charge on any atom is -0.376 e. The first-order valence-electron chi connectivity index (χ1n) is 6.60. The molecule has 0 aromatic heterocycles. The Balaban J connectivity index is 1.76. The second-order valence-electron chi connectivity index (χ2n) is 4.97. The first kappa shape index (κ1) is 14.1. The molecule has 1 saturated heterocycles. The number of rotatable bonds is 1. The second kappa shape index (κ2) is 5.90. The Hall–Kier alpha value is -0.810. The van der Waals surface area contributed by atoms with Gasteiger partial charge < -0.3 is 14.4 Å². The van der Waals surface area contributed by atoms with Crippen molar-refractivity contribution >= 4 is 29.1 Å². The van der Waals surface area contributed by atoms with Crippen LogP contribution >= 0.6 is 23.2 Å². The molecule has 0 bridgehead atoms. The zero-order valence-corrected chi connectivity index (χ0v) is 12.4. The van der Waals surface area contributed by atoms with Crippen molar-refractivity contribution < 1.29 is 14.3 Å². The smallest absolute Gasteiger partial charge is 0.254 e. The molecule has 1 amide bonds. The van der Waals surface area contributed by atoms with Gasteiger partial charge in [-0.3, -0.25) is 4.79 Å². The molecule has 0 saturated carbocycles. The van der Waals surface area contributed by atoms with Crippen LogP contribution in [0.5, 0.6) is 0 Å². The minimum atomic E-state index is -0.486. The van der Waals surface area contributed by atoms with Gasteiger partial charge in [-0.2, -0.15) is 0 Å². The van der Waals surface area contributed by atoms with Crippen molar-refractivity contribution in [3.8, 4) is 0 Å². The molecule has 6 heteroatoms. The van der Waals surface area contributed by atoms with Gasteiger partial charge in [0, 0.05) is 23.1 Å². The number of nitrogens with zero attached hydrogens (tertiary/aromatic N) is 1. The van der Waals surface area contributed by atoms with Crippen LogP contribution in [0.15, 0.2) is 12.1 Å². The van der Waals surface area contributed by atoms with E-state index < -0.39 is 6.10 Å². The third-order valence-electron chi connectivity index (χ3n) is 3.65. The first-order chi connectivity index (χ1) is 9.65. The topological polar surface area (TPSA) is 38.8 Å². The zero-order chi connectivity index (χ0) is 14.1. The van der Waals surface area contributed by atoms with Crippen LogP contribution in [0, 0.1) is 0 Å². The highest BCUT2D eigenvalue weighted by Gasteiger charge is 2.30. The first-order valence-corrected chi connectivity index (χ1v) is 7.35. The third-order valence-corrected chi connectivity index (χ3v) is 4.20. The van der Waals surface area contributed by atoms with E-state index in [1.165, 1.54) is 0 Å². The third kappa shape index (κ3) is 2.79. The molecule has 0 spiro atoms. The van der Waals surface area contributed by atoms with E-state index in [1.54, 1.807) is 11.0 Å². The number of ether oxygens (including phenoxy) is 2. The minimum absolute atomic E-state index is 0.0218. The summed E-state index contributed by atoms with van der Waals surface area (Å²) >= 11 is 12.2. The van der Waals surface area contributed by atoms with Gasteiger partial charge in [0.2, 0.25) is 0 Å². The van der Waals surface area contributed by atoms with E-state index in [4.69, 9.17) is 32.7 Å². The highest BCUT2D eigenvalue weighted by Crippen LogP contribution is 2.30. The molecule has 0 radical (unpaired) electrons. The van der Waals surface area contributed by atoms with Gasteiger partial charge in [-0.15, -0.1) is 0 Å². The summed E-state index contributed by atoms with van der Waals surface area (Å²) < 4.78 is 10.7. The summed E-state index contributed by atoms with van der Waals surface area (Å²) in [7, 11) is 0. The molecule has 108 valence electrons. The fourth-order valence-electron chi connectivity index (χ4n) is 2.63. The number of carbonyl (C=O) groups excluding carboxylic acids is 1. The SMILES string of the molecule is O=C([C@H]1COCCO1)N1CCc2c(Cl)cc(Cl)cc2C1. The predicted octanol–water partition coefficient (Wildman–Crippen LogP) is 2.29. The van der Waals surface area contributed by atoms with Crippen molar-refractivity contribution in [1.82, 2.24) is 4.90 Å². The van der Waals surface area contributed by atoms with Crippen molar-refractivity contribution in [1.29, 1.82) is 0 Å². The monoisotopic (exact) mass is 315 g/mol. The van der Waals surface area contributed by atoms with Crippen molar-refractivity contribution in [3.63, 3.8) is 0 Å². The lowest BCUT2D eigenvalue weighted by Gasteiger charge is -2.33. The Morgan fingerprint density at radius 3 is 2.90 bits per heavy atom. The Morgan fingerprint density at radius 2 is 2.15 bits per heavy atom. The van der Waals surface area contributed by atoms with E-state index in [0.717, 1.165) is 17.5 Å². The number of carbonyl (C=O) groups is 1. The molecule has 4 nitrogen and oxygen atoms in total. The average molecular weight is 316 g/mol. The van der Waals surface area contributed by atoms with Gasteiger partial charge in [0.05, 0.1) is 19.8 Å². The highest BCUT2D eigenvalue weighted by atomic mass is 35.5. The van der Waals surface area contributed by atoms with Crippen molar-refractivity contribution in [2.75, 3.05) is 26.4 Å². The summed E-state index contributed by atoms with van der Waals surface area (Å²) in [6, 6.07) is 3.62. The van der Waals surface area contributed by atoms with E-state index in [-0.39, 0.29) is 5.91 Å². The van der Waals surface area contributed by atoms with E-state index >= 15 is 0 Å². The molecular weight excluding hydrogens is 301 g/mol. The van der Waals surface area contributed by atoms with E-state index in [0.29, 0.717) is 43.0 Å². The maximum atomic E-state index is 12.4. The second-order valence-corrected chi connectivity index (χ2v) is 5.81. The average Bonchev–Trinajstić information content (AvgIpc) is 2.46. The lowest BCUT2D eigenvalue weighted by Crippen LogP contribution is -2.47. The molecule has 3 rings (SSSR count). The summed E-state index contributed by atoms with van der Waals surface area (Å²) in [6.45, 7) is 2.52. The summed E-state index contributed by atoms with van der Waals surface area (Å²) in [5.74, 6) is -0.0218. The van der Waals surface area contributed by atoms with Gasteiger partial charge in [0.15, 0.2) is 6.10 Å². The summed E-state index contributed by atoms with van der Waals surface area (Å²) in [6.07, 6.45) is 0.255. The quantitative estimate of drug-likeness (QED) is 0.798. The summed E-state index contributed by atoms with van der Waals surface area (Å²) in [5.41, 5.74) is 2.10. The van der Waals surface area contributed by atoms with Crippen molar-refractivity contribution in [2.45, 2.75) is 19.1 Å². The lowest BCUT2D eigenvalue weighted by molar-refractivity contribution is -0.158. The molecule has 2 aliphatic rings. The van der Waals surface area contributed by atoms with Crippen LogP contribution in [0.3, 0.4) is 0 Å². The maximum Gasteiger partial charge on any atom is 0.254 e. The fourth-order valence-corrected chi connectivity index (χ4v) is 3.26. The molecule has 0 unspecified atom stereocenters. The molecule has 1 aromatic carbocycles. The van der Waals surface area contributed by atoms with Crippen LogP contribution < -0.4 is 0 Å². The summed E-state index contributed by atoms with van der Waals surface area (Å²) in [5, 5.41) is 1.28. The van der Waals surface area contributed by atoms with Gasteiger partial charge in [0.25, 0.3) is 5.91 Å². The predicted molar refractivity (Wildman–Crippen MR) is 76.1 cm³/mol. The normalized spacial score (nSPS) is 22.5. The molecule has 0 aliphatic carbocycles. The lowest BCUT2D eigenvalue weighted by atomic mass is 9.99. The number of fused-ring (bicyclic) bond motifs is 1. The molecule has 1 fully saturated rings. The zero-order valence-electron chi connectivity index (χ0n) is 10.9. The van der Waals surface area contributed by atoms with Crippen LogP contribution in [0.4, 0.5) is 0 Å². The number of halogens is 2. The van der Waals surface area contributed by atoms with E-state index in [1.807, 2.05) is 6.07 Å². The van der Waals surface area contributed by atoms with Gasteiger partial charge in [-0.1, -0.05) is 23.2 Å². The van der Waals surface area contributed by atoms with Gasteiger partial charge in [-0.25, -0.2) is 0 Å². The standard InChI is InChI=1S/C14H15Cl2NO3/c15-10-5-9-7-17(2-1-11(9)12(16)6-10)14(18)13-8-19-3-4-20-13/h5-6,13H,1-4,7-8H2/t13-/m1/s1. The maximum absolute atomic E-state index is 12.4. The molecule has 1 aromatic rings. The number of amides is 1. The van der Waals surface area contributed by atoms with Crippen molar-refractivity contribution in [3.05, 3.63) is 33.3 Å². The summed E-state index contributed by atoms with van der Waals surface area (Å²) in [4.78, 5) is 14.2. The van der Waals surface area contributed by atoms with Gasteiger partial charge >= 0.3 is 0 Å². The molecule has 1 atom stereocenters. The van der Waals surface area contributed by atoms with Crippen LogP contribution in [0.1, 0.15) is 11.1 Å². The fraction of sp³-hybridized carbons (Fsp3) is 0.500. The number of hydrogen-bond donors (Lipinski definition) is 0. The van der Waals surface area contributed by atoms with Crippen LogP contribution in [0.2, 0.25) is 10.0 Å². The Kier molecular flexibility index (Phi) is 4.17. The molecule has 2 aliphatic heterocycles. The van der Waals surface area contributed by atoms with Crippen molar-refractivity contribution in [2.24, 2.45) is 0 Å². The van der Waals surface area contributed by atoms with E-state index in [9.17, 15) is 4.79 Å². The van der Waals surface area contributed by atoms with Crippen LogP contribution in [-0.2, 0) is 27.2 Å². The largest absolute Gasteiger partial charge is 0.376 e. The molecule has 2 heterocycles. The molecular formula is C14H15Cl2NO3. The number of hydrogen-bond acceptors (Lipinski definition) is 3. The molecule has 20 heavy (non-hydrogen) atoms.